The second kappa shape index (κ2) is 4.22. The molecule has 2 aromatic rings. The third-order valence-electron chi connectivity index (χ3n) is 4.22. The Morgan fingerprint density at radius 2 is 1.86 bits per heavy atom. The van der Waals surface area contributed by atoms with E-state index in [1.807, 2.05) is 38.1 Å². The van der Waals surface area contributed by atoms with Gasteiger partial charge in [-0.3, -0.25) is 4.79 Å². The first-order chi connectivity index (χ1) is 10.1. The van der Waals surface area contributed by atoms with Gasteiger partial charge in [-0.05, 0) is 43.7 Å². The number of allylic oxidation sites excluding steroid dienone is 2. The molecular formula is C18H13ClO2. The molecule has 2 aromatic carbocycles. The molecule has 2 nitrogen and oxygen atoms in total. The number of hydrogen-bond acceptors (Lipinski definition) is 2. The molecule has 0 fully saturated rings. The molecule has 104 valence electrons. The first kappa shape index (κ1) is 12.7. The summed E-state index contributed by atoms with van der Waals surface area (Å²) in [5.74, 6) is 1.51. The van der Waals surface area contributed by atoms with Gasteiger partial charge in [0.25, 0.3) is 0 Å². The van der Waals surface area contributed by atoms with E-state index in [4.69, 9.17) is 16.3 Å². The minimum atomic E-state index is -0.0603. The monoisotopic (exact) mass is 296 g/mol. The van der Waals surface area contributed by atoms with Gasteiger partial charge in [-0.15, -0.1) is 0 Å². The summed E-state index contributed by atoms with van der Waals surface area (Å²) in [5.41, 5.74) is 4.66. The number of carbonyl (C=O) groups excluding carboxylic acids is 1. The van der Waals surface area contributed by atoms with Gasteiger partial charge in [0.1, 0.15) is 11.5 Å². The number of aryl methyl sites for hydroxylation is 1. The fourth-order valence-electron chi connectivity index (χ4n) is 3.30. The highest BCUT2D eigenvalue weighted by molar-refractivity contribution is 6.31. The van der Waals surface area contributed by atoms with Crippen LogP contribution in [0.5, 0.6) is 5.75 Å². The van der Waals surface area contributed by atoms with Crippen LogP contribution in [0.3, 0.4) is 0 Å². The maximum absolute atomic E-state index is 12.7. The van der Waals surface area contributed by atoms with Crippen LogP contribution in [0, 0.1) is 6.92 Å². The Hall–Kier alpha value is -2.06. The minimum Gasteiger partial charge on any atom is -0.461 e. The van der Waals surface area contributed by atoms with Crippen LogP contribution in [0.2, 0.25) is 5.02 Å². The molecule has 1 unspecified atom stereocenters. The van der Waals surface area contributed by atoms with Crippen molar-refractivity contribution < 1.29 is 9.53 Å². The lowest BCUT2D eigenvalue weighted by Crippen LogP contribution is -2.15. The average molecular weight is 297 g/mol. The highest BCUT2D eigenvalue weighted by Crippen LogP contribution is 2.50. The maximum Gasteiger partial charge on any atom is 0.193 e. The third-order valence-corrected chi connectivity index (χ3v) is 4.46. The Morgan fingerprint density at radius 1 is 1.05 bits per heavy atom. The Labute approximate surface area is 128 Å². The zero-order chi connectivity index (χ0) is 14.7. The van der Waals surface area contributed by atoms with E-state index in [9.17, 15) is 4.79 Å². The second-order valence-corrected chi connectivity index (χ2v) is 6.04. The Bertz CT molecular complexity index is 833. The van der Waals surface area contributed by atoms with Crippen molar-refractivity contribution in [2.45, 2.75) is 19.8 Å². The van der Waals surface area contributed by atoms with Crippen LogP contribution in [0.1, 0.15) is 39.9 Å². The highest BCUT2D eigenvalue weighted by atomic mass is 35.5. The largest absolute Gasteiger partial charge is 0.461 e. The van der Waals surface area contributed by atoms with Gasteiger partial charge in [0.05, 0.1) is 5.57 Å². The molecule has 0 spiro atoms. The summed E-state index contributed by atoms with van der Waals surface area (Å²) in [6, 6.07) is 11.6. The number of halogens is 1. The van der Waals surface area contributed by atoms with Crippen molar-refractivity contribution in [3.63, 3.8) is 0 Å². The van der Waals surface area contributed by atoms with Crippen LogP contribution in [-0.4, -0.2) is 5.78 Å². The van der Waals surface area contributed by atoms with E-state index in [0.717, 1.165) is 33.6 Å². The molecule has 2 aliphatic rings. The summed E-state index contributed by atoms with van der Waals surface area (Å²) < 4.78 is 5.86. The molecule has 0 bridgehead atoms. The average Bonchev–Trinajstić information content (AvgIpc) is 2.74. The molecule has 4 rings (SSSR count). The molecule has 1 atom stereocenters. The summed E-state index contributed by atoms with van der Waals surface area (Å²) in [5, 5.41) is 0.654. The van der Waals surface area contributed by atoms with Crippen molar-refractivity contribution in [2.75, 3.05) is 0 Å². The van der Waals surface area contributed by atoms with Gasteiger partial charge in [-0.2, -0.15) is 0 Å². The number of ether oxygens (including phenoxy) is 1. The van der Waals surface area contributed by atoms with Crippen LogP contribution >= 0.6 is 11.6 Å². The van der Waals surface area contributed by atoms with E-state index < -0.39 is 0 Å². The summed E-state index contributed by atoms with van der Waals surface area (Å²) in [6.07, 6.45) is 0. The molecule has 1 heterocycles. The number of fused-ring (bicyclic) bond motifs is 5. The lowest BCUT2D eigenvalue weighted by molar-refractivity contribution is 0.103. The number of Topliss-reactive ketones (excluding diaryl/α,β-unsaturated/α-hetero) is 1. The molecule has 0 N–H and O–H groups in total. The van der Waals surface area contributed by atoms with E-state index in [2.05, 4.69) is 6.07 Å². The number of ketones is 1. The SMILES string of the molecule is CC1=C2C(=O)c3ccc(Cl)cc3C2c2cc(C)ccc2O1. The molecule has 3 heteroatoms. The quantitative estimate of drug-likeness (QED) is 0.708. The molecule has 0 saturated carbocycles. The van der Waals surface area contributed by atoms with Crippen molar-refractivity contribution in [3.05, 3.63) is 75.0 Å². The van der Waals surface area contributed by atoms with Gasteiger partial charge >= 0.3 is 0 Å². The van der Waals surface area contributed by atoms with E-state index in [1.165, 1.54) is 0 Å². The Morgan fingerprint density at radius 3 is 2.67 bits per heavy atom. The van der Waals surface area contributed by atoms with Crippen molar-refractivity contribution in [1.82, 2.24) is 0 Å². The van der Waals surface area contributed by atoms with Crippen molar-refractivity contribution in [1.29, 1.82) is 0 Å². The minimum absolute atomic E-state index is 0.0522. The molecule has 0 saturated heterocycles. The van der Waals surface area contributed by atoms with Crippen molar-refractivity contribution in [2.24, 2.45) is 0 Å². The van der Waals surface area contributed by atoms with E-state index >= 15 is 0 Å². The fraction of sp³-hybridized carbons (Fsp3) is 0.167. The van der Waals surface area contributed by atoms with Gasteiger partial charge in [-0.1, -0.05) is 29.3 Å². The highest BCUT2D eigenvalue weighted by Gasteiger charge is 2.41. The summed E-state index contributed by atoms with van der Waals surface area (Å²) in [4.78, 5) is 12.7. The van der Waals surface area contributed by atoms with Gasteiger partial charge in [-0.25, -0.2) is 0 Å². The summed E-state index contributed by atoms with van der Waals surface area (Å²) >= 11 is 6.14. The van der Waals surface area contributed by atoms with E-state index in [0.29, 0.717) is 10.8 Å². The molecule has 21 heavy (non-hydrogen) atoms. The van der Waals surface area contributed by atoms with Crippen LogP contribution in [0.15, 0.2) is 47.7 Å². The van der Waals surface area contributed by atoms with Gasteiger partial charge in [0, 0.05) is 22.1 Å². The molecule has 1 aliphatic heterocycles. The smallest absolute Gasteiger partial charge is 0.193 e. The maximum atomic E-state index is 12.7. The number of benzene rings is 2. The van der Waals surface area contributed by atoms with Crippen molar-refractivity contribution in [3.8, 4) is 5.75 Å². The zero-order valence-corrected chi connectivity index (χ0v) is 12.5. The van der Waals surface area contributed by atoms with Gasteiger partial charge in [0.2, 0.25) is 0 Å². The van der Waals surface area contributed by atoms with Gasteiger partial charge in [0.15, 0.2) is 5.78 Å². The fourth-order valence-corrected chi connectivity index (χ4v) is 3.48. The van der Waals surface area contributed by atoms with Crippen LogP contribution in [0.25, 0.3) is 0 Å². The lowest BCUT2D eigenvalue weighted by atomic mass is 9.86. The van der Waals surface area contributed by atoms with Crippen LogP contribution in [0.4, 0.5) is 0 Å². The first-order valence-corrected chi connectivity index (χ1v) is 7.27. The third kappa shape index (κ3) is 1.69. The van der Waals surface area contributed by atoms with Crippen LogP contribution in [-0.2, 0) is 0 Å². The predicted molar refractivity (Wildman–Crippen MR) is 82.1 cm³/mol. The molecular weight excluding hydrogens is 284 g/mol. The van der Waals surface area contributed by atoms with Crippen LogP contribution < -0.4 is 4.74 Å². The number of rotatable bonds is 0. The predicted octanol–water partition coefficient (Wildman–Crippen LogP) is 4.64. The molecule has 0 amide bonds. The molecule has 0 radical (unpaired) electrons. The summed E-state index contributed by atoms with van der Waals surface area (Å²) in [6.45, 7) is 3.90. The zero-order valence-electron chi connectivity index (χ0n) is 11.7. The Kier molecular flexibility index (Phi) is 2.54. The normalized spacial score (nSPS) is 19.0. The lowest BCUT2D eigenvalue weighted by Gasteiger charge is -2.25. The Balaban J connectivity index is 2.05. The standard InChI is InChI=1S/C18H13ClO2/c1-9-3-6-15-14(7-9)17-13-8-11(19)4-5-12(13)18(20)16(17)10(2)21-15/h3-8,17H,1-2H3. The molecule has 1 aliphatic carbocycles. The van der Waals surface area contributed by atoms with Crippen molar-refractivity contribution >= 4 is 17.4 Å². The first-order valence-electron chi connectivity index (χ1n) is 6.89. The van der Waals surface area contributed by atoms with E-state index in [-0.39, 0.29) is 11.7 Å². The molecule has 0 aromatic heterocycles. The van der Waals surface area contributed by atoms with E-state index in [1.54, 1.807) is 6.07 Å². The number of hydrogen-bond donors (Lipinski definition) is 0. The summed E-state index contributed by atoms with van der Waals surface area (Å²) in [7, 11) is 0. The second-order valence-electron chi connectivity index (χ2n) is 5.61. The topological polar surface area (TPSA) is 26.3 Å². The van der Waals surface area contributed by atoms with Gasteiger partial charge < -0.3 is 4.74 Å². The number of carbonyl (C=O) groups is 1.